The zero-order valence-electron chi connectivity index (χ0n) is 10.0. The van der Waals surface area contributed by atoms with Gasteiger partial charge in [-0.05, 0) is 24.6 Å². The Morgan fingerprint density at radius 3 is 2.19 bits per heavy atom. The fourth-order valence-corrected chi connectivity index (χ4v) is 1.40. The Morgan fingerprint density at radius 1 is 1.31 bits per heavy atom. The standard InChI is InChI=1S/C12H17NO3/c1-12(15,11(14)16-4)9-5-7-10(8-6-9)13(2)3/h5-8,15H,1-4H3. The van der Waals surface area contributed by atoms with E-state index in [0.29, 0.717) is 5.56 Å². The van der Waals surface area contributed by atoms with E-state index in [4.69, 9.17) is 0 Å². The molecule has 88 valence electrons. The minimum atomic E-state index is -1.60. The van der Waals surface area contributed by atoms with Crippen molar-refractivity contribution in [3.8, 4) is 0 Å². The van der Waals surface area contributed by atoms with Gasteiger partial charge in [0.25, 0.3) is 0 Å². The third kappa shape index (κ3) is 2.33. The number of hydrogen-bond acceptors (Lipinski definition) is 4. The quantitative estimate of drug-likeness (QED) is 0.780. The second kappa shape index (κ2) is 4.53. The second-order valence-corrected chi connectivity index (χ2v) is 4.01. The first-order chi connectivity index (χ1) is 7.39. The van der Waals surface area contributed by atoms with Crippen LogP contribution in [0.25, 0.3) is 0 Å². The first-order valence-electron chi connectivity index (χ1n) is 4.98. The van der Waals surface area contributed by atoms with Gasteiger partial charge in [-0.2, -0.15) is 0 Å². The van der Waals surface area contributed by atoms with E-state index in [1.165, 1.54) is 14.0 Å². The molecule has 0 aliphatic carbocycles. The minimum absolute atomic E-state index is 0.518. The summed E-state index contributed by atoms with van der Waals surface area (Å²) in [6, 6.07) is 7.11. The number of methoxy groups -OCH3 is 1. The number of hydrogen-bond donors (Lipinski definition) is 1. The fraction of sp³-hybridized carbons (Fsp3) is 0.417. The number of carbonyl (C=O) groups is 1. The van der Waals surface area contributed by atoms with Gasteiger partial charge in [0, 0.05) is 19.8 Å². The molecule has 0 saturated heterocycles. The van der Waals surface area contributed by atoms with Gasteiger partial charge in [0.05, 0.1) is 7.11 Å². The van der Waals surface area contributed by atoms with Crippen LogP contribution < -0.4 is 4.90 Å². The first-order valence-corrected chi connectivity index (χ1v) is 4.98. The second-order valence-electron chi connectivity index (χ2n) is 4.01. The molecule has 4 heteroatoms. The molecule has 1 N–H and O–H groups in total. The van der Waals surface area contributed by atoms with Crippen molar-refractivity contribution >= 4 is 11.7 Å². The van der Waals surface area contributed by atoms with Crippen LogP contribution in [0.1, 0.15) is 12.5 Å². The van der Waals surface area contributed by atoms with Crippen molar-refractivity contribution in [1.82, 2.24) is 0 Å². The van der Waals surface area contributed by atoms with Gasteiger partial charge in [0.2, 0.25) is 0 Å². The van der Waals surface area contributed by atoms with Crippen molar-refractivity contribution in [3.63, 3.8) is 0 Å². The van der Waals surface area contributed by atoms with Gasteiger partial charge in [0.15, 0.2) is 5.60 Å². The molecule has 0 heterocycles. The Bertz CT molecular complexity index is 368. The highest BCUT2D eigenvalue weighted by molar-refractivity contribution is 5.80. The Labute approximate surface area is 95.5 Å². The van der Waals surface area contributed by atoms with Gasteiger partial charge in [-0.15, -0.1) is 0 Å². The summed E-state index contributed by atoms with van der Waals surface area (Å²) in [4.78, 5) is 13.3. The van der Waals surface area contributed by atoms with E-state index in [9.17, 15) is 9.90 Å². The predicted octanol–water partition coefficient (Wildman–Crippen LogP) is 1.13. The number of carbonyl (C=O) groups excluding carboxylic acids is 1. The van der Waals surface area contributed by atoms with Gasteiger partial charge < -0.3 is 14.7 Å². The lowest BCUT2D eigenvalue weighted by atomic mass is 9.96. The maximum absolute atomic E-state index is 11.4. The van der Waals surface area contributed by atoms with E-state index in [-0.39, 0.29) is 0 Å². The average Bonchev–Trinajstić information content (AvgIpc) is 2.28. The Balaban J connectivity index is 3.01. The van der Waals surface area contributed by atoms with Crippen molar-refractivity contribution < 1.29 is 14.6 Å². The minimum Gasteiger partial charge on any atom is -0.467 e. The van der Waals surface area contributed by atoms with Gasteiger partial charge in [0.1, 0.15) is 0 Å². The molecular formula is C12H17NO3. The van der Waals surface area contributed by atoms with Crippen molar-refractivity contribution in [3.05, 3.63) is 29.8 Å². The van der Waals surface area contributed by atoms with Gasteiger partial charge in [-0.3, -0.25) is 0 Å². The fourth-order valence-electron chi connectivity index (χ4n) is 1.40. The summed E-state index contributed by atoms with van der Waals surface area (Å²) >= 11 is 0. The van der Waals surface area contributed by atoms with E-state index in [1.54, 1.807) is 12.1 Å². The molecule has 0 spiro atoms. The zero-order chi connectivity index (χ0) is 12.3. The Hall–Kier alpha value is -1.55. The highest BCUT2D eigenvalue weighted by atomic mass is 16.5. The Morgan fingerprint density at radius 2 is 1.81 bits per heavy atom. The maximum atomic E-state index is 11.4. The van der Waals surface area contributed by atoms with Crippen LogP contribution in [0.15, 0.2) is 24.3 Å². The van der Waals surface area contributed by atoms with Crippen molar-refractivity contribution in [2.24, 2.45) is 0 Å². The molecule has 0 amide bonds. The summed E-state index contributed by atoms with van der Waals surface area (Å²) < 4.78 is 4.55. The van der Waals surface area contributed by atoms with Crippen LogP contribution in [-0.4, -0.2) is 32.3 Å². The van der Waals surface area contributed by atoms with Crippen LogP contribution in [0, 0.1) is 0 Å². The molecule has 0 fully saturated rings. The van der Waals surface area contributed by atoms with Crippen LogP contribution in [-0.2, 0) is 15.1 Å². The third-order valence-electron chi connectivity index (χ3n) is 2.53. The van der Waals surface area contributed by atoms with Crippen LogP contribution in [0.2, 0.25) is 0 Å². The third-order valence-corrected chi connectivity index (χ3v) is 2.53. The van der Waals surface area contributed by atoms with Crippen LogP contribution in [0.4, 0.5) is 5.69 Å². The summed E-state index contributed by atoms with van der Waals surface area (Å²) in [5, 5.41) is 10.00. The van der Waals surface area contributed by atoms with E-state index >= 15 is 0 Å². The van der Waals surface area contributed by atoms with E-state index in [1.807, 2.05) is 31.1 Å². The monoisotopic (exact) mass is 223 g/mol. The predicted molar refractivity (Wildman–Crippen MR) is 62.4 cm³/mol. The highest BCUT2D eigenvalue weighted by Gasteiger charge is 2.33. The summed E-state index contributed by atoms with van der Waals surface area (Å²) in [6.07, 6.45) is 0. The summed E-state index contributed by atoms with van der Waals surface area (Å²) in [6.45, 7) is 1.42. The number of aliphatic hydroxyl groups is 1. The van der Waals surface area contributed by atoms with Crippen molar-refractivity contribution in [2.45, 2.75) is 12.5 Å². The van der Waals surface area contributed by atoms with Crippen molar-refractivity contribution in [2.75, 3.05) is 26.1 Å². The highest BCUT2D eigenvalue weighted by Crippen LogP contribution is 2.24. The van der Waals surface area contributed by atoms with Crippen molar-refractivity contribution in [1.29, 1.82) is 0 Å². The van der Waals surface area contributed by atoms with Gasteiger partial charge in [-0.1, -0.05) is 12.1 Å². The van der Waals surface area contributed by atoms with Gasteiger partial charge >= 0.3 is 5.97 Å². The maximum Gasteiger partial charge on any atom is 0.342 e. The molecular weight excluding hydrogens is 206 g/mol. The zero-order valence-corrected chi connectivity index (χ0v) is 10.0. The van der Waals surface area contributed by atoms with Crippen LogP contribution in [0.5, 0.6) is 0 Å². The Kier molecular flexibility index (Phi) is 3.55. The number of rotatable bonds is 3. The number of ether oxygens (including phenoxy) is 1. The number of nitrogens with zero attached hydrogens (tertiary/aromatic N) is 1. The summed E-state index contributed by atoms with van der Waals surface area (Å²) in [7, 11) is 5.10. The van der Waals surface area contributed by atoms with Crippen LogP contribution in [0.3, 0.4) is 0 Å². The van der Waals surface area contributed by atoms with Crippen LogP contribution >= 0.6 is 0 Å². The largest absolute Gasteiger partial charge is 0.467 e. The number of esters is 1. The lowest BCUT2D eigenvalue weighted by molar-refractivity contribution is -0.161. The molecule has 1 unspecified atom stereocenters. The molecule has 1 aromatic carbocycles. The number of anilines is 1. The molecule has 1 rings (SSSR count). The molecule has 0 radical (unpaired) electrons. The molecule has 0 saturated carbocycles. The molecule has 0 aliphatic rings. The number of benzene rings is 1. The molecule has 4 nitrogen and oxygen atoms in total. The van der Waals surface area contributed by atoms with E-state index < -0.39 is 11.6 Å². The first kappa shape index (κ1) is 12.5. The van der Waals surface area contributed by atoms with E-state index in [2.05, 4.69) is 4.74 Å². The topological polar surface area (TPSA) is 49.8 Å². The van der Waals surface area contributed by atoms with E-state index in [0.717, 1.165) is 5.69 Å². The SMILES string of the molecule is COC(=O)C(C)(O)c1ccc(N(C)C)cc1. The molecule has 0 bridgehead atoms. The lowest BCUT2D eigenvalue weighted by Crippen LogP contribution is -2.33. The molecule has 0 aromatic heterocycles. The molecule has 16 heavy (non-hydrogen) atoms. The summed E-state index contributed by atoms with van der Waals surface area (Å²) in [5.74, 6) is -0.662. The lowest BCUT2D eigenvalue weighted by Gasteiger charge is -2.21. The average molecular weight is 223 g/mol. The molecule has 0 aliphatic heterocycles. The normalized spacial score (nSPS) is 14.1. The van der Waals surface area contributed by atoms with Gasteiger partial charge in [-0.25, -0.2) is 4.79 Å². The molecule has 1 aromatic rings. The smallest absolute Gasteiger partial charge is 0.342 e. The summed E-state index contributed by atoms with van der Waals surface area (Å²) in [5.41, 5.74) is -0.0751. The molecule has 1 atom stereocenters.